The van der Waals surface area contributed by atoms with Crippen molar-refractivity contribution in [3.63, 3.8) is 0 Å². The minimum absolute atomic E-state index is 0.138. The Bertz CT molecular complexity index is 1440. The van der Waals surface area contributed by atoms with Gasteiger partial charge in [0.15, 0.2) is 0 Å². The van der Waals surface area contributed by atoms with Crippen molar-refractivity contribution < 1.29 is 9.53 Å². The number of likely N-dealkylation sites (N-methyl/N-ethyl adjacent to an activating group) is 1. The molecule has 0 aliphatic carbocycles. The Morgan fingerprint density at radius 1 is 0.935 bits per heavy atom. The highest BCUT2D eigenvalue weighted by Crippen LogP contribution is 2.36. The molecule has 0 fully saturated rings. The van der Waals surface area contributed by atoms with E-state index in [4.69, 9.17) is 9.72 Å². The van der Waals surface area contributed by atoms with Crippen LogP contribution in [0, 0.1) is 0 Å². The molecule has 152 valence electrons. The van der Waals surface area contributed by atoms with Crippen molar-refractivity contribution in [2.24, 2.45) is 0 Å². The van der Waals surface area contributed by atoms with Gasteiger partial charge >= 0.3 is 0 Å². The fourth-order valence-corrected chi connectivity index (χ4v) is 3.91. The van der Waals surface area contributed by atoms with Gasteiger partial charge in [0.2, 0.25) is 0 Å². The summed E-state index contributed by atoms with van der Waals surface area (Å²) in [5.74, 6) is 0.865. The Kier molecular flexibility index (Phi) is 4.40. The van der Waals surface area contributed by atoms with E-state index < -0.39 is 0 Å². The molecule has 0 radical (unpaired) electrons. The molecule has 31 heavy (non-hydrogen) atoms. The lowest BCUT2D eigenvalue weighted by atomic mass is 10.1. The van der Waals surface area contributed by atoms with Crippen LogP contribution in [0.15, 0.2) is 77.6 Å². The van der Waals surface area contributed by atoms with E-state index in [9.17, 15) is 9.59 Å². The van der Waals surface area contributed by atoms with Crippen molar-refractivity contribution in [1.82, 2.24) is 9.55 Å². The van der Waals surface area contributed by atoms with Crippen LogP contribution in [0.1, 0.15) is 11.4 Å². The summed E-state index contributed by atoms with van der Waals surface area (Å²) >= 11 is 0. The average molecular weight is 409 g/mol. The van der Waals surface area contributed by atoms with E-state index in [0.717, 1.165) is 11.3 Å². The maximum atomic E-state index is 13.5. The van der Waals surface area contributed by atoms with Crippen LogP contribution >= 0.6 is 0 Å². The lowest BCUT2D eigenvalue weighted by Crippen LogP contribution is -2.23. The SMILES string of the molecule is COc1cccc(-n2c(/C=C3\C(=O)N(C)c4ccccc43)nc3ccccc3c2=O)c1. The van der Waals surface area contributed by atoms with Gasteiger partial charge in [0, 0.05) is 18.7 Å². The van der Waals surface area contributed by atoms with Gasteiger partial charge in [-0.25, -0.2) is 4.98 Å². The van der Waals surface area contributed by atoms with Gasteiger partial charge in [-0.05, 0) is 36.4 Å². The summed E-state index contributed by atoms with van der Waals surface area (Å²) in [7, 11) is 3.32. The first kappa shape index (κ1) is 18.8. The Labute approximate surface area is 178 Å². The molecular formula is C25H19N3O3. The van der Waals surface area contributed by atoms with E-state index >= 15 is 0 Å². The molecule has 0 saturated heterocycles. The van der Waals surface area contributed by atoms with E-state index in [1.54, 1.807) is 43.3 Å². The number of benzene rings is 3. The Morgan fingerprint density at radius 2 is 1.71 bits per heavy atom. The molecule has 6 nitrogen and oxygen atoms in total. The Balaban J connectivity index is 1.82. The molecule has 5 rings (SSSR count). The number of amides is 1. The summed E-state index contributed by atoms with van der Waals surface area (Å²) in [6.45, 7) is 0. The Morgan fingerprint density at radius 3 is 2.55 bits per heavy atom. The second kappa shape index (κ2) is 7.25. The van der Waals surface area contributed by atoms with Gasteiger partial charge in [0.1, 0.15) is 11.6 Å². The number of fused-ring (bicyclic) bond motifs is 2. The number of rotatable bonds is 3. The number of methoxy groups -OCH3 is 1. The van der Waals surface area contributed by atoms with Crippen molar-refractivity contribution in [3.05, 3.63) is 94.5 Å². The van der Waals surface area contributed by atoms with Gasteiger partial charge in [-0.1, -0.05) is 36.4 Å². The second-order valence-electron chi connectivity index (χ2n) is 7.27. The highest BCUT2D eigenvalue weighted by molar-refractivity contribution is 6.35. The van der Waals surface area contributed by atoms with Crippen molar-refractivity contribution in [1.29, 1.82) is 0 Å². The topological polar surface area (TPSA) is 64.4 Å². The van der Waals surface area contributed by atoms with Crippen molar-refractivity contribution >= 4 is 34.1 Å². The number of carbonyl (C=O) groups excluding carboxylic acids is 1. The highest BCUT2D eigenvalue weighted by atomic mass is 16.5. The van der Waals surface area contributed by atoms with E-state index in [1.165, 1.54) is 4.57 Å². The average Bonchev–Trinajstić information content (AvgIpc) is 3.04. The van der Waals surface area contributed by atoms with Crippen LogP contribution in [0.5, 0.6) is 5.75 Å². The van der Waals surface area contributed by atoms with Gasteiger partial charge in [-0.3, -0.25) is 14.2 Å². The predicted octanol–water partition coefficient (Wildman–Crippen LogP) is 3.91. The monoisotopic (exact) mass is 409 g/mol. The number of ether oxygens (including phenoxy) is 1. The number of para-hydroxylation sites is 2. The molecule has 0 spiro atoms. The molecule has 1 aliphatic rings. The quantitative estimate of drug-likeness (QED) is 0.481. The summed E-state index contributed by atoms with van der Waals surface area (Å²) in [5, 5.41) is 0.503. The van der Waals surface area contributed by atoms with Crippen molar-refractivity contribution in [3.8, 4) is 11.4 Å². The first-order valence-electron chi connectivity index (χ1n) is 9.84. The largest absolute Gasteiger partial charge is 0.497 e. The van der Waals surface area contributed by atoms with Crippen LogP contribution in [0.2, 0.25) is 0 Å². The number of hydrogen-bond acceptors (Lipinski definition) is 4. The van der Waals surface area contributed by atoms with Crippen LogP contribution in [-0.2, 0) is 4.79 Å². The highest BCUT2D eigenvalue weighted by Gasteiger charge is 2.29. The summed E-state index contributed by atoms with van der Waals surface area (Å²) < 4.78 is 6.86. The fourth-order valence-electron chi connectivity index (χ4n) is 3.91. The first-order chi connectivity index (χ1) is 15.1. The van der Waals surface area contributed by atoms with E-state index in [1.807, 2.05) is 54.6 Å². The molecule has 2 heterocycles. The molecule has 1 aromatic heterocycles. The molecular weight excluding hydrogens is 390 g/mol. The lowest BCUT2D eigenvalue weighted by molar-refractivity contribution is -0.112. The second-order valence-corrected chi connectivity index (χ2v) is 7.27. The molecule has 1 aliphatic heterocycles. The van der Waals surface area contributed by atoms with E-state index in [2.05, 4.69) is 0 Å². The summed E-state index contributed by atoms with van der Waals surface area (Å²) in [4.78, 5) is 32.8. The molecule has 0 N–H and O–H groups in total. The van der Waals surface area contributed by atoms with Crippen LogP contribution in [0.4, 0.5) is 5.69 Å². The van der Waals surface area contributed by atoms with Crippen molar-refractivity contribution in [2.75, 3.05) is 19.1 Å². The van der Waals surface area contributed by atoms with Crippen LogP contribution in [0.25, 0.3) is 28.2 Å². The third-order valence-electron chi connectivity index (χ3n) is 5.48. The number of aromatic nitrogens is 2. The van der Waals surface area contributed by atoms with Crippen LogP contribution < -0.4 is 15.2 Å². The van der Waals surface area contributed by atoms with E-state index in [0.29, 0.717) is 33.7 Å². The molecule has 4 aromatic rings. The minimum atomic E-state index is -0.210. The summed E-state index contributed by atoms with van der Waals surface area (Å²) in [6.07, 6.45) is 1.69. The molecule has 0 unspecified atom stereocenters. The molecule has 6 heteroatoms. The number of nitrogens with zero attached hydrogens (tertiary/aromatic N) is 3. The maximum absolute atomic E-state index is 13.5. The molecule has 0 atom stereocenters. The third-order valence-corrected chi connectivity index (χ3v) is 5.48. The number of hydrogen-bond donors (Lipinski definition) is 0. The molecule has 0 saturated carbocycles. The maximum Gasteiger partial charge on any atom is 0.266 e. The van der Waals surface area contributed by atoms with Crippen molar-refractivity contribution in [2.45, 2.75) is 0 Å². The predicted molar refractivity (Wildman–Crippen MR) is 122 cm³/mol. The van der Waals surface area contributed by atoms with Gasteiger partial charge in [-0.15, -0.1) is 0 Å². The zero-order valence-corrected chi connectivity index (χ0v) is 17.1. The van der Waals surface area contributed by atoms with Gasteiger partial charge in [-0.2, -0.15) is 0 Å². The number of carbonyl (C=O) groups is 1. The zero-order chi connectivity index (χ0) is 21.5. The standard InChI is InChI=1S/C25H19N3O3/c1-27-22-13-6-4-10-18(22)20(24(27)29)15-23-26-21-12-5-3-11-19(21)25(30)28(23)16-8-7-9-17(14-16)31-2/h3-15H,1-2H3/b20-15-. The fraction of sp³-hybridized carbons (Fsp3) is 0.0800. The third kappa shape index (κ3) is 3.00. The Hall–Kier alpha value is -4.19. The smallest absolute Gasteiger partial charge is 0.266 e. The van der Waals surface area contributed by atoms with Gasteiger partial charge in [0.05, 0.1) is 35.0 Å². The molecule has 3 aromatic carbocycles. The van der Waals surface area contributed by atoms with Crippen LogP contribution in [0.3, 0.4) is 0 Å². The van der Waals surface area contributed by atoms with E-state index in [-0.39, 0.29) is 11.5 Å². The number of anilines is 1. The minimum Gasteiger partial charge on any atom is -0.497 e. The lowest BCUT2D eigenvalue weighted by Gasteiger charge is -2.13. The van der Waals surface area contributed by atoms with Gasteiger partial charge in [0.25, 0.3) is 11.5 Å². The van der Waals surface area contributed by atoms with Crippen LogP contribution in [-0.4, -0.2) is 29.6 Å². The zero-order valence-electron chi connectivity index (χ0n) is 17.1. The molecule has 0 bridgehead atoms. The first-order valence-corrected chi connectivity index (χ1v) is 9.84. The normalized spacial score (nSPS) is 14.3. The van der Waals surface area contributed by atoms with Gasteiger partial charge < -0.3 is 9.64 Å². The molecule has 1 amide bonds. The summed E-state index contributed by atoms with van der Waals surface area (Å²) in [5.41, 5.74) is 3.12. The summed E-state index contributed by atoms with van der Waals surface area (Å²) in [6, 6.07) is 22.0.